The van der Waals surface area contributed by atoms with Gasteiger partial charge in [0.15, 0.2) is 0 Å². The number of anilines is 1. The predicted octanol–water partition coefficient (Wildman–Crippen LogP) is 3.85. The van der Waals surface area contributed by atoms with E-state index in [-0.39, 0.29) is 16.8 Å². The van der Waals surface area contributed by atoms with Gasteiger partial charge in [0.05, 0.1) is 22.3 Å². The van der Waals surface area contributed by atoms with Crippen LogP contribution in [0.5, 0.6) is 0 Å². The van der Waals surface area contributed by atoms with Gasteiger partial charge in [-0.15, -0.1) is 0 Å². The summed E-state index contributed by atoms with van der Waals surface area (Å²) in [6.45, 7) is 2.32. The van der Waals surface area contributed by atoms with Gasteiger partial charge < -0.3 is 4.90 Å². The highest BCUT2D eigenvalue weighted by atomic mass is 32.2. The summed E-state index contributed by atoms with van der Waals surface area (Å²) in [5.74, 6) is -0.253. The van der Waals surface area contributed by atoms with E-state index in [1.165, 1.54) is 16.7 Å². The number of hydrogen-bond acceptors (Lipinski definition) is 5. The Kier molecular flexibility index (Phi) is 5.86. The molecule has 1 aliphatic rings. The van der Waals surface area contributed by atoms with Crippen LogP contribution < -0.4 is 4.31 Å². The number of sulfonamides is 1. The smallest absolute Gasteiger partial charge is 0.264 e. The van der Waals surface area contributed by atoms with E-state index in [0.29, 0.717) is 24.2 Å². The number of rotatable bonds is 6. The van der Waals surface area contributed by atoms with Gasteiger partial charge >= 0.3 is 0 Å². The minimum Gasteiger partial charge on any atom is -0.335 e. The molecule has 9 heteroatoms. The summed E-state index contributed by atoms with van der Waals surface area (Å²) in [5.41, 5.74) is 3.85. The molecule has 0 saturated heterocycles. The lowest BCUT2D eigenvalue weighted by molar-refractivity contribution is 0.0742. The molecule has 0 bridgehead atoms. The fraction of sp³-hybridized carbons (Fsp3) is 0.192. The van der Waals surface area contributed by atoms with Crippen LogP contribution in [-0.2, 0) is 16.4 Å². The van der Waals surface area contributed by atoms with E-state index in [1.807, 2.05) is 55.5 Å². The molecule has 2 heterocycles. The Morgan fingerprint density at radius 2 is 1.80 bits per heavy atom. The average molecular weight is 488 g/mol. The van der Waals surface area contributed by atoms with Crippen molar-refractivity contribution in [2.75, 3.05) is 17.9 Å². The highest BCUT2D eigenvalue weighted by molar-refractivity contribution is 7.92. The first kappa shape index (κ1) is 22.8. The van der Waals surface area contributed by atoms with Gasteiger partial charge in [-0.25, -0.2) is 18.1 Å². The molecular weight excluding hydrogens is 462 g/mol. The summed E-state index contributed by atoms with van der Waals surface area (Å²) in [6, 6.07) is 21.3. The van der Waals surface area contributed by atoms with Crippen LogP contribution in [0.1, 0.15) is 34.5 Å². The minimum absolute atomic E-state index is 0.110. The Hall–Kier alpha value is -3.98. The SMILES string of the molecule is CC(c1ccc(-n2cncn2)cc1)N(C)C(=O)c1cccc(S(=O)(=O)N2CCc3ccccc32)c1. The molecule has 0 spiro atoms. The average Bonchev–Trinajstić information content (AvgIpc) is 3.58. The van der Waals surface area contributed by atoms with Crippen molar-refractivity contribution < 1.29 is 13.2 Å². The summed E-state index contributed by atoms with van der Waals surface area (Å²) < 4.78 is 29.9. The van der Waals surface area contributed by atoms with Gasteiger partial charge in [-0.05, 0) is 60.9 Å². The van der Waals surface area contributed by atoms with E-state index in [2.05, 4.69) is 10.1 Å². The molecule has 5 rings (SSSR count). The normalized spacial score (nSPS) is 13.9. The fourth-order valence-electron chi connectivity index (χ4n) is 4.32. The van der Waals surface area contributed by atoms with Gasteiger partial charge in [-0.1, -0.05) is 36.4 Å². The van der Waals surface area contributed by atoms with Crippen LogP contribution in [0, 0.1) is 0 Å². The molecule has 0 N–H and O–H groups in total. The Morgan fingerprint density at radius 1 is 1.03 bits per heavy atom. The zero-order valence-corrected chi connectivity index (χ0v) is 20.3. The number of amides is 1. The number of carbonyl (C=O) groups excluding carboxylic acids is 1. The first-order valence-corrected chi connectivity index (χ1v) is 12.7. The third-order valence-corrected chi connectivity index (χ3v) is 8.28. The van der Waals surface area contributed by atoms with Gasteiger partial charge in [0.25, 0.3) is 15.9 Å². The van der Waals surface area contributed by atoms with Gasteiger partial charge in [0.1, 0.15) is 12.7 Å². The van der Waals surface area contributed by atoms with Crippen molar-refractivity contribution in [3.05, 3.63) is 102 Å². The molecule has 3 aromatic carbocycles. The van der Waals surface area contributed by atoms with E-state index in [1.54, 1.807) is 41.2 Å². The highest BCUT2D eigenvalue weighted by Crippen LogP contribution is 2.33. The van der Waals surface area contributed by atoms with Gasteiger partial charge in [-0.3, -0.25) is 9.10 Å². The molecule has 178 valence electrons. The summed E-state index contributed by atoms with van der Waals surface area (Å²) in [7, 11) is -2.06. The second-order valence-corrected chi connectivity index (χ2v) is 10.4. The number of hydrogen-bond donors (Lipinski definition) is 0. The maximum atomic E-state index is 13.4. The van der Waals surface area contributed by atoms with Crippen molar-refractivity contribution in [3.8, 4) is 5.69 Å². The van der Waals surface area contributed by atoms with Crippen LogP contribution in [-0.4, -0.2) is 47.6 Å². The maximum absolute atomic E-state index is 13.4. The fourth-order valence-corrected chi connectivity index (χ4v) is 5.87. The first-order chi connectivity index (χ1) is 16.9. The molecule has 0 fully saturated rings. The van der Waals surface area contributed by atoms with Gasteiger partial charge in [0.2, 0.25) is 0 Å². The summed E-state index contributed by atoms with van der Waals surface area (Å²) >= 11 is 0. The van der Waals surface area contributed by atoms with Crippen LogP contribution in [0.3, 0.4) is 0 Å². The molecular formula is C26H25N5O3S. The van der Waals surface area contributed by atoms with Crippen LogP contribution in [0.25, 0.3) is 5.69 Å². The Morgan fingerprint density at radius 3 is 2.54 bits per heavy atom. The number of nitrogens with zero attached hydrogens (tertiary/aromatic N) is 5. The third kappa shape index (κ3) is 4.19. The van der Waals surface area contributed by atoms with Crippen molar-refractivity contribution >= 4 is 21.6 Å². The molecule has 1 aliphatic heterocycles. The second-order valence-electron chi connectivity index (χ2n) is 8.51. The largest absolute Gasteiger partial charge is 0.335 e. The summed E-state index contributed by atoms with van der Waals surface area (Å²) in [4.78, 5) is 19.0. The van der Waals surface area contributed by atoms with Crippen molar-refractivity contribution in [1.29, 1.82) is 0 Å². The third-order valence-electron chi connectivity index (χ3n) is 6.47. The summed E-state index contributed by atoms with van der Waals surface area (Å²) in [6.07, 6.45) is 3.76. The molecule has 1 unspecified atom stereocenters. The molecule has 35 heavy (non-hydrogen) atoms. The van der Waals surface area contributed by atoms with Crippen molar-refractivity contribution in [3.63, 3.8) is 0 Å². The monoisotopic (exact) mass is 487 g/mol. The zero-order chi connectivity index (χ0) is 24.6. The van der Waals surface area contributed by atoms with Crippen LogP contribution in [0.4, 0.5) is 5.69 Å². The van der Waals surface area contributed by atoms with Crippen LogP contribution in [0.15, 0.2) is 90.3 Å². The number of fused-ring (bicyclic) bond motifs is 1. The molecule has 4 aromatic rings. The minimum atomic E-state index is -3.78. The molecule has 1 aromatic heterocycles. The lowest BCUT2D eigenvalue weighted by atomic mass is 10.1. The maximum Gasteiger partial charge on any atom is 0.264 e. The van der Waals surface area contributed by atoms with E-state index in [9.17, 15) is 13.2 Å². The van der Waals surface area contributed by atoms with Crippen molar-refractivity contribution in [2.45, 2.75) is 24.3 Å². The van der Waals surface area contributed by atoms with E-state index in [0.717, 1.165) is 16.8 Å². The number of para-hydroxylation sites is 1. The Balaban J connectivity index is 1.36. The summed E-state index contributed by atoms with van der Waals surface area (Å²) in [5, 5.41) is 4.12. The quantitative estimate of drug-likeness (QED) is 0.412. The molecule has 8 nitrogen and oxygen atoms in total. The van der Waals surface area contributed by atoms with Crippen molar-refractivity contribution in [2.24, 2.45) is 0 Å². The lowest BCUT2D eigenvalue weighted by Crippen LogP contribution is -2.31. The number of benzene rings is 3. The first-order valence-electron chi connectivity index (χ1n) is 11.3. The molecule has 1 atom stereocenters. The zero-order valence-electron chi connectivity index (χ0n) is 19.4. The van der Waals surface area contributed by atoms with E-state index >= 15 is 0 Å². The molecule has 0 radical (unpaired) electrons. The standard InChI is InChI=1S/C26H25N5O3S/c1-19(20-10-12-23(13-11-20)30-18-27-17-28-30)29(2)26(32)22-7-5-8-24(16-22)35(33,34)31-15-14-21-6-3-4-9-25(21)31/h3-13,16-19H,14-15H2,1-2H3. The lowest BCUT2D eigenvalue weighted by Gasteiger charge is -2.26. The molecule has 1 amide bonds. The van der Waals surface area contributed by atoms with E-state index < -0.39 is 10.0 Å². The topological polar surface area (TPSA) is 88.4 Å². The van der Waals surface area contributed by atoms with Crippen LogP contribution >= 0.6 is 0 Å². The molecule has 0 aliphatic carbocycles. The molecule has 0 saturated carbocycles. The predicted molar refractivity (Wildman–Crippen MR) is 133 cm³/mol. The van der Waals surface area contributed by atoms with Crippen LogP contribution in [0.2, 0.25) is 0 Å². The van der Waals surface area contributed by atoms with Gasteiger partial charge in [-0.2, -0.15) is 5.10 Å². The Labute approximate surface area is 204 Å². The van der Waals surface area contributed by atoms with Gasteiger partial charge in [0, 0.05) is 19.2 Å². The Bertz CT molecular complexity index is 1470. The second kappa shape index (κ2) is 8.99. The number of aromatic nitrogens is 3. The highest BCUT2D eigenvalue weighted by Gasteiger charge is 2.31. The van der Waals surface area contributed by atoms with E-state index in [4.69, 9.17) is 0 Å². The van der Waals surface area contributed by atoms with Crippen molar-refractivity contribution in [1.82, 2.24) is 19.7 Å². The number of carbonyl (C=O) groups is 1.